The summed E-state index contributed by atoms with van der Waals surface area (Å²) in [5.41, 5.74) is 3.41. The van der Waals surface area contributed by atoms with Gasteiger partial charge in [-0.1, -0.05) is 5.92 Å². The van der Waals surface area contributed by atoms with E-state index < -0.39 is 0 Å². The summed E-state index contributed by atoms with van der Waals surface area (Å²) < 4.78 is 15.2. The molecule has 7 nitrogen and oxygen atoms in total. The molecule has 0 spiro atoms. The summed E-state index contributed by atoms with van der Waals surface area (Å²) in [4.78, 5) is 11.2. The molecule has 7 heteroatoms. The van der Waals surface area contributed by atoms with Crippen LogP contribution in [0.5, 0.6) is 5.75 Å². The Morgan fingerprint density at radius 3 is 2.80 bits per heavy atom. The molecule has 30 heavy (non-hydrogen) atoms. The molecule has 4 aromatic heterocycles. The van der Waals surface area contributed by atoms with Gasteiger partial charge in [0.05, 0.1) is 26.0 Å². The van der Waals surface area contributed by atoms with E-state index in [-0.39, 0.29) is 0 Å². The monoisotopic (exact) mass is 401 g/mol. The molecule has 0 amide bonds. The second kappa shape index (κ2) is 8.57. The number of hydrogen-bond donors (Lipinski definition) is 0. The highest BCUT2D eigenvalue weighted by Crippen LogP contribution is 2.14. The number of fused-ring (bicyclic) bond motifs is 2. The number of imidazole rings is 2. The van der Waals surface area contributed by atoms with Crippen LogP contribution >= 0.6 is 0 Å². The second-order valence-electron chi connectivity index (χ2n) is 7.27. The Hall–Kier alpha value is -3.34. The average molecular weight is 401 g/mol. The quantitative estimate of drug-likeness (QED) is 0.380. The molecule has 152 valence electrons. The van der Waals surface area contributed by atoms with E-state index in [1.807, 2.05) is 57.9 Å². The highest BCUT2D eigenvalue weighted by molar-refractivity contribution is 5.49. The predicted molar refractivity (Wildman–Crippen MR) is 114 cm³/mol. The molecule has 1 aliphatic heterocycles. The Kier molecular flexibility index (Phi) is 5.34. The lowest BCUT2D eigenvalue weighted by atomic mass is 10.3. The Morgan fingerprint density at radius 1 is 0.967 bits per heavy atom. The van der Waals surface area contributed by atoms with Crippen LogP contribution in [0.15, 0.2) is 55.2 Å². The van der Waals surface area contributed by atoms with Gasteiger partial charge >= 0.3 is 0 Å². The van der Waals surface area contributed by atoms with Gasteiger partial charge in [0.25, 0.3) is 0 Å². The summed E-state index contributed by atoms with van der Waals surface area (Å²) in [7, 11) is 0. The first kappa shape index (κ1) is 18.7. The van der Waals surface area contributed by atoms with Gasteiger partial charge in [-0.2, -0.15) is 0 Å². The zero-order valence-corrected chi connectivity index (χ0v) is 16.7. The summed E-state index contributed by atoms with van der Waals surface area (Å²) >= 11 is 0. The summed E-state index contributed by atoms with van der Waals surface area (Å²) in [5, 5.41) is 0. The van der Waals surface area contributed by atoms with Crippen LogP contribution in [0.4, 0.5) is 0 Å². The molecule has 5 heterocycles. The summed E-state index contributed by atoms with van der Waals surface area (Å²) in [6.45, 7) is 5.44. The molecule has 4 aromatic rings. The largest absolute Gasteiger partial charge is 0.492 e. The van der Waals surface area contributed by atoms with E-state index in [4.69, 9.17) is 9.47 Å². The van der Waals surface area contributed by atoms with Gasteiger partial charge in [-0.15, -0.1) is 0 Å². The zero-order chi connectivity index (χ0) is 20.2. The van der Waals surface area contributed by atoms with Crippen molar-refractivity contribution in [2.24, 2.45) is 0 Å². The Balaban J connectivity index is 1.21. The minimum absolute atomic E-state index is 0.695. The fourth-order valence-corrected chi connectivity index (χ4v) is 3.55. The van der Waals surface area contributed by atoms with Crippen molar-refractivity contribution in [1.82, 2.24) is 23.7 Å². The lowest BCUT2D eigenvalue weighted by molar-refractivity contribution is 0.0358. The van der Waals surface area contributed by atoms with Gasteiger partial charge in [0.15, 0.2) is 0 Å². The van der Waals surface area contributed by atoms with Crippen LogP contribution in [0.1, 0.15) is 17.7 Å². The maximum Gasteiger partial charge on any atom is 0.138 e. The van der Waals surface area contributed by atoms with Crippen LogP contribution in [0, 0.1) is 11.8 Å². The third-order valence-electron chi connectivity index (χ3n) is 5.14. The van der Waals surface area contributed by atoms with Gasteiger partial charge in [-0.3, -0.25) is 4.90 Å². The van der Waals surface area contributed by atoms with Gasteiger partial charge in [-0.05, 0) is 36.6 Å². The van der Waals surface area contributed by atoms with Crippen molar-refractivity contribution in [2.75, 3.05) is 39.5 Å². The SMILES string of the molecule is C(#Cc1cn2cc(OCCCN3CCOCC3)ccc2n1)c1ccc2nccn2c1. The van der Waals surface area contributed by atoms with E-state index in [1.54, 1.807) is 6.20 Å². The average Bonchev–Trinajstić information content (AvgIpc) is 3.41. The highest BCUT2D eigenvalue weighted by atomic mass is 16.5. The Bertz CT molecular complexity index is 1210. The second-order valence-corrected chi connectivity index (χ2v) is 7.27. The van der Waals surface area contributed by atoms with Crippen LogP contribution in [0.3, 0.4) is 0 Å². The van der Waals surface area contributed by atoms with Crippen molar-refractivity contribution in [3.63, 3.8) is 0 Å². The van der Waals surface area contributed by atoms with E-state index in [9.17, 15) is 0 Å². The third kappa shape index (κ3) is 4.30. The van der Waals surface area contributed by atoms with E-state index in [2.05, 4.69) is 26.7 Å². The molecule has 0 unspecified atom stereocenters. The van der Waals surface area contributed by atoms with Crippen LogP contribution in [0.25, 0.3) is 11.3 Å². The first-order valence-corrected chi connectivity index (χ1v) is 10.2. The van der Waals surface area contributed by atoms with Crippen molar-refractivity contribution in [2.45, 2.75) is 6.42 Å². The first-order chi connectivity index (χ1) is 14.8. The first-order valence-electron chi connectivity index (χ1n) is 10.2. The van der Waals surface area contributed by atoms with E-state index >= 15 is 0 Å². The molecule has 0 bridgehead atoms. The molecular formula is C23H23N5O2. The predicted octanol–water partition coefficient (Wildman–Crippen LogP) is 2.48. The van der Waals surface area contributed by atoms with Gasteiger partial charge < -0.3 is 18.3 Å². The van der Waals surface area contributed by atoms with E-state index in [0.29, 0.717) is 6.61 Å². The van der Waals surface area contributed by atoms with Gasteiger partial charge in [0.2, 0.25) is 0 Å². The van der Waals surface area contributed by atoms with Crippen LogP contribution in [-0.4, -0.2) is 63.1 Å². The summed E-state index contributed by atoms with van der Waals surface area (Å²) in [6, 6.07) is 7.84. The summed E-state index contributed by atoms with van der Waals surface area (Å²) in [6.07, 6.45) is 10.5. The van der Waals surface area contributed by atoms with E-state index in [0.717, 1.165) is 67.6 Å². The van der Waals surface area contributed by atoms with Gasteiger partial charge in [0, 0.05) is 50.0 Å². The summed E-state index contributed by atoms with van der Waals surface area (Å²) in [5.74, 6) is 7.16. The van der Waals surface area contributed by atoms with Crippen molar-refractivity contribution < 1.29 is 9.47 Å². The lowest BCUT2D eigenvalue weighted by Crippen LogP contribution is -2.37. The minimum Gasteiger partial charge on any atom is -0.492 e. The van der Waals surface area contributed by atoms with Crippen LogP contribution in [-0.2, 0) is 4.74 Å². The third-order valence-corrected chi connectivity index (χ3v) is 5.14. The van der Waals surface area contributed by atoms with Gasteiger partial charge in [-0.25, -0.2) is 9.97 Å². The molecule has 0 atom stereocenters. The maximum atomic E-state index is 5.93. The normalized spacial score (nSPS) is 14.7. The van der Waals surface area contributed by atoms with E-state index in [1.165, 1.54) is 0 Å². The number of aromatic nitrogens is 4. The molecule has 0 aromatic carbocycles. The number of pyridine rings is 2. The number of ether oxygens (including phenoxy) is 2. The molecule has 5 rings (SSSR count). The molecule has 0 radical (unpaired) electrons. The Morgan fingerprint density at radius 2 is 1.87 bits per heavy atom. The van der Waals surface area contributed by atoms with Crippen molar-refractivity contribution in [1.29, 1.82) is 0 Å². The van der Waals surface area contributed by atoms with Crippen molar-refractivity contribution in [3.05, 3.63) is 66.5 Å². The van der Waals surface area contributed by atoms with Gasteiger partial charge in [0.1, 0.15) is 22.7 Å². The molecule has 1 saturated heterocycles. The highest BCUT2D eigenvalue weighted by Gasteiger charge is 2.09. The smallest absolute Gasteiger partial charge is 0.138 e. The molecule has 1 aliphatic rings. The Labute approximate surface area is 174 Å². The van der Waals surface area contributed by atoms with Crippen molar-refractivity contribution >= 4 is 11.3 Å². The van der Waals surface area contributed by atoms with Crippen LogP contribution in [0.2, 0.25) is 0 Å². The number of rotatable bonds is 5. The zero-order valence-electron chi connectivity index (χ0n) is 16.7. The number of nitrogens with zero attached hydrogens (tertiary/aromatic N) is 5. The fourth-order valence-electron chi connectivity index (χ4n) is 3.55. The lowest BCUT2D eigenvalue weighted by Gasteiger charge is -2.26. The fraction of sp³-hybridized carbons (Fsp3) is 0.304. The minimum atomic E-state index is 0.695. The molecular weight excluding hydrogens is 378 g/mol. The van der Waals surface area contributed by atoms with Crippen molar-refractivity contribution in [3.8, 4) is 17.6 Å². The molecule has 0 aliphatic carbocycles. The molecule has 0 N–H and O–H groups in total. The number of morpholine rings is 1. The maximum absolute atomic E-state index is 5.93. The standard InChI is InChI=1S/C23H23N5O2/c1(9-26-11-14-29-15-12-26)13-30-21-5-7-23-25-20(17-28(23)18-21)4-2-19-3-6-22-24-8-10-27(22)16-19/h3,5-8,10,16-18H,1,9,11-15H2. The number of hydrogen-bond acceptors (Lipinski definition) is 5. The molecule has 0 saturated carbocycles. The van der Waals surface area contributed by atoms with Crippen LogP contribution < -0.4 is 4.74 Å². The molecule has 1 fully saturated rings. The topological polar surface area (TPSA) is 56.3 Å².